The SMILES string of the molecule is CCCNC(=O)Nc1ccc(-c2nc(N3CCOCC3)c3ccc4c(ccn4C)c3n2)cc1. The number of fused-ring (bicyclic) bond motifs is 3. The zero-order chi connectivity index (χ0) is 22.8. The molecule has 0 spiro atoms. The van der Waals surface area contributed by atoms with E-state index < -0.39 is 0 Å². The third-order valence-electron chi connectivity index (χ3n) is 5.96. The molecule has 4 aromatic rings. The smallest absolute Gasteiger partial charge is 0.319 e. The molecule has 2 amide bonds. The zero-order valence-electron chi connectivity index (χ0n) is 19.0. The summed E-state index contributed by atoms with van der Waals surface area (Å²) in [4.78, 5) is 24.2. The van der Waals surface area contributed by atoms with Gasteiger partial charge < -0.3 is 24.8 Å². The zero-order valence-corrected chi connectivity index (χ0v) is 19.0. The number of aromatic nitrogens is 3. The average molecular weight is 445 g/mol. The second kappa shape index (κ2) is 9.07. The Labute approximate surface area is 192 Å². The van der Waals surface area contributed by atoms with Crippen LogP contribution in [0.15, 0.2) is 48.7 Å². The van der Waals surface area contributed by atoms with Crippen LogP contribution in [-0.2, 0) is 11.8 Å². The topological polar surface area (TPSA) is 84.3 Å². The van der Waals surface area contributed by atoms with E-state index >= 15 is 0 Å². The molecular formula is C25H28N6O2. The summed E-state index contributed by atoms with van der Waals surface area (Å²) in [6.45, 7) is 5.64. The van der Waals surface area contributed by atoms with Gasteiger partial charge in [0.2, 0.25) is 0 Å². The lowest BCUT2D eigenvalue weighted by atomic mass is 10.1. The van der Waals surface area contributed by atoms with Crippen molar-refractivity contribution in [3.8, 4) is 11.4 Å². The van der Waals surface area contributed by atoms with Gasteiger partial charge in [0.25, 0.3) is 0 Å². The number of benzene rings is 2. The van der Waals surface area contributed by atoms with Gasteiger partial charge in [-0.2, -0.15) is 0 Å². The first-order valence-electron chi connectivity index (χ1n) is 11.4. The number of ether oxygens (including phenoxy) is 1. The number of hydrogen-bond donors (Lipinski definition) is 2. The molecule has 0 atom stereocenters. The maximum Gasteiger partial charge on any atom is 0.319 e. The minimum absolute atomic E-state index is 0.201. The molecule has 0 bridgehead atoms. The Morgan fingerprint density at radius 1 is 1.03 bits per heavy atom. The lowest BCUT2D eigenvalue weighted by Crippen LogP contribution is -2.37. The van der Waals surface area contributed by atoms with Crippen molar-refractivity contribution in [1.82, 2.24) is 19.9 Å². The third-order valence-corrected chi connectivity index (χ3v) is 5.96. The van der Waals surface area contributed by atoms with Crippen molar-refractivity contribution < 1.29 is 9.53 Å². The highest BCUT2D eigenvalue weighted by Gasteiger charge is 2.19. The number of nitrogens with zero attached hydrogens (tertiary/aromatic N) is 4. The number of rotatable bonds is 5. The fraction of sp³-hybridized carbons (Fsp3) is 0.320. The highest BCUT2D eigenvalue weighted by molar-refractivity contribution is 6.08. The maximum absolute atomic E-state index is 12.0. The first-order chi connectivity index (χ1) is 16.1. The number of urea groups is 1. The monoisotopic (exact) mass is 444 g/mol. The molecule has 2 aromatic heterocycles. The molecule has 1 aliphatic rings. The van der Waals surface area contributed by atoms with Crippen LogP contribution in [-0.4, -0.2) is 53.4 Å². The van der Waals surface area contributed by atoms with Gasteiger partial charge in [-0.1, -0.05) is 6.92 Å². The van der Waals surface area contributed by atoms with Crippen LogP contribution in [0.4, 0.5) is 16.3 Å². The molecule has 1 saturated heterocycles. The van der Waals surface area contributed by atoms with Crippen molar-refractivity contribution in [2.24, 2.45) is 7.05 Å². The number of carbonyl (C=O) groups is 1. The molecule has 0 aliphatic carbocycles. The fourth-order valence-electron chi connectivity index (χ4n) is 4.19. The van der Waals surface area contributed by atoms with E-state index in [1.165, 1.54) is 0 Å². The van der Waals surface area contributed by atoms with E-state index in [1.54, 1.807) is 0 Å². The molecular weight excluding hydrogens is 416 g/mol. The second-order valence-electron chi connectivity index (χ2n) is 8.25. The summed E-state index contributed by atoms with van der Waals surface area (Å²) < 4.78 is 7.67. The van der Waals surface area contributed by atoms with Crippen LogP contribution < -0.4 is 15.5 Å². The molecule has 8 nitrogen and oxygen atoms in total. The van der Waals surface area contributed by atoms with Crippen molar-refractivity contribution in [3.05, 3.63) is 48.7 Å². The molecule has 2 aromatic carbocycles. The van der Waals surface area contributed by atoms with Gasteiger partial charge in [-0.25, -0.2) is 14.8 Å². The molecule has 0 saturated carbocycles. The molecule has 0 radical (unpaired) electrons. The molecule has 1 fully saturated rings. The first kappa shape index (κ1) is 21.2. The summed E-state index contributed by atoms with van der Waals surface area (Å²) in [5, 5.41) is 7.83. The normalized spacial score (nSPS) is 14.1. The number of nitrogens with one attached hydrogen (secondary N) is 2. The minimum Gasteiger partial charge on any atom is -0.378 e. The van der Waals surface area contributed by atoms with E-state index in [-0.39, 0.29) is 6.03 Å². The highest BCUT2D eigenvalue weighted by atomic mass is 16.5. The second-order valence-corrected chi connectivity index (χ2v) is 8.25. The number of hydrogen-bond acceptors (Lipinski definition) is 5. The Morgan fingerprint density at radius 2 is 1.82 bits per heavy atom. The quantitative estimate of drug-likeness (QED) is 0.483. The number of amides is 2. The summed E-state index contributed by atoms with van der Waals surface area (Å²) in [6.07, 6.45) is 2.95. The summed E-state index contributed by atoms with van der Waals surface area (Å²) in [5.41, 5.74) is 3.71. The van der Waals surface area contributed by atoms with E-state index in [0.29, 0.717) is 25.6 Å². The Morgan fingerprint density at radius 3 is 2.58 bits per heavy atom. The van der Waals surface area contributed by atoms with Gasteiger partial charge in [-0.3, -0.25) is 0 Å². The van der Waals surface area contributed by atoms with E-state index in [2.05, 4.69) is 44.5 Å². The van der Waals surface area contributed by atoms with E-state index in [1.807, 2.05) is 38.2 Å². The molecule has 5 rings (SSSR count). The molecule has 8 heteroatoms. The predicted octanol–water partition coefficient (Wildman–Crippen LogP) is 4.16. The van der Waals surface area contributed by atoms with Crippen LogP contribution in [0.3, 0.4) is 0 Å². The Hall–Kier alpha value is -3.65. The van der Waals surface area contributed by atoms with Crippen LogP contribution in [0.25, 0.3) is 33.2 Å². The van der Waals surface area contributed by atoms with Crippen LogP contribution >= 0.6 is 0 Å². The Bertz CT molecular complexity index is 1290. The third kappa shape index (κ3) is 4.21. The Kier molecular flexibility index (Phi) is 5.83. The van der Waals surface area contributed by atoms with E-state index in [4.69, 9.17) is 14.7 Å². The van der Waals surface area contributed by atoms with Crippen molar-refractivity contribution in [3.63, 3.8) is 0 Å². The molecule has 3 heterocycles. The van der Waals surface area contributed by atoms with Gasteiger partial charge in [0.15, 0.2) is 5.82 Å². The number of carbonyl (C=O) groups excluding carboxylic acids is 1. The van der Waals surface area contributed by atoms with Crippen LogP contribution in [0, 0.1) is 0 Å². The summed E-state index contributed by atoms with van der Waals surface area (Å²) in [7, 11) is 2.04. The largest absolute Gasteiger partial charge is 0.378 e. The highest BCUT2D eigenvalue weighted by Crippen LogP contribution is 2.33. The van der Waals surface area contributed by atoms with Gasteiger partial charge in [0.1, 0.15) is 5.82 Å². The van der Waals surface area contributed by atoms with Crippen molar-refractivity contribution >= 4 is 39.3 Å². The average Bonchev–Trinajstić information content (AvgIpc) is 3.24. The number of anilines is 2. The summed E-state index contributed by atoms with van der Waals surface area (Å²) >= 11 is 0. The van der Waals surface area contributed by atoms with Crippen LogP contribution in [0.5, 0.6) is 0 Å². The first-order valence-corrected chi connectivity index (χ1v) is 11.4. The lowest BCUT2D eigenvalue weighted by molar-refractivity contribution is 0.122. The van der Waals surface area contributed by atoms with Crippen molar-refractivity contribution in [1.29, 1.82) is 0 Å². The standard InChI is InChI=1S/C25H28N6O2/c1-3-11-26-25(32)27-18-6-4-17(5-7-18)23-28-22-19-10-12-30(2)21(19)9-8-20(22)24(29-23)31-13-15-33-16-14-31/h4-10,12H,3,11,13-16H2,1-2H3,(H2,26,27,32). The van der Waals surface area contributed by atoms with E-state index in [0.717, 1.165) is 58.4 Å². The van der Waals surface area contributed by atoms with Gasteiger partial charge in [0.05, 0.1) is 18.7 Å². The molecule has 33 heavy (non-hydrogen) atoms. The number of aryl methyl sites for hydroxylation is 1. The van der Waals surface area contributed by atoms with Crippen LogP contribution in [0.1, 0.15) is 13.3 Å². The summed E-state index contributed by atoms with van der Waals surface area (Å²) in [5.74, 6) is 1.60. The number of morpholine rings is 1. The molecule has 170 valence electrons. The van der Waals surface area contributed by atoms with Crippen molar-refractivity contribution in [2.75, 3.05) is 43.1 Å². The van der Waals surface area contributed by atoms with Crippen LogP contribution in [0.2, 0.25) is 0 Å². The lowest BCUT2D eigenvalue weighted by Gasteiger charge is -2.29. The summed E-state index contributed by atoms with van der Waals surface area (Å²) in [6, 6.07) is 13.8. The molecule has 0 unspecified atom stereocenters. The van der Waals surface area contributed by atoms with Gasteiger partial charge in [0, 0.05) is 60.4 Å². The van der Waals surface area contributed by atoms with Gasteiger partial charge in [-0.05, 0) is 48.9 Å². The van der Waals surface area contributed by atoms with Gasteiger partial charge >= 0.3 is 6.03 Å². The molecule has 1 aliphatic heterocycles. The van der Waals surface area contributed by atoms with Gasteiger partial charge in [-0.15, -0.1) is 0 Å². The van der Waals surface area contributed by atoms with Crippen molar-refractivity contribution in [2.45, 2.75) is 13.3 Å². The minimum atomic E-state index is -0.201. The van der Waals surface area contributed by atoms with E-state index in [9.17, 15) is 4.79 Å². The predicted molar refractivity (Wildman–Crippen MR) is 132 cm³/mol. The maximum atomic E-state index is 12.0. The Balaban J connectivity index is 1.56. The molecule has 2 N–H and O–H groups in total. The fourth-order valence-corrected chi connectivity index (χ4v) is 4.19.